The molecule has 1 aliphatic heterocycles. The highest BCUT2D eigenvalue weighted by atomic mass is 32.2. The van der Waals surface area contributed by atoms with Crippen molar-refractivity contribution in [2.24, 2.45) is 5.92 Å². The van der Waals surface area contributed by atoms with E-state index in [4.69, 9.17) is 9.47 Å². The van der Waals surface area contributed by atoms with Crippen LogP contribution in [0.2, 0.25) is 0 Å². The number of methoxy groups -OCH3 is 2. The minimum atomic E-state index is -3.68. The van der Waals surface area contributed by atoms with Crippen molar-refractivity contribution in [3.05, 3.63) is 18.2 Å². The van der Waals surface area contributed by atoms with Crippen molar-refractivity contribution < 1.29 is 17.9 Å². The molecule has 1 unspecified atom stereocenters. The maximum atomic E-state index is 12.8. The van der Waals surface area contributed by atoms with Crippen molar-refractivity contribution in [2.45, 2.75) is 37.6 Å². The third-order valence-electron chi connectivity index (χ3n) is 4.52. The molecule has 1 saturated heterocycles. The molecule has 136 valence electrons. The molecule has 1 N–H and O–H groups in total. The van der Waals surface area contributed by atoms with Crippen molar-refractivity contribution in [1.29, 1.82) is 0 Å². The van der Waals surface area contributed by atoms with Crippen LogP contribution in [0.4, 0.5) is 0 Å². The molecule has 0 aliphatic carbocycles. The normalized spacial score (nSPS) is 17.2. The van der Waals surface area contributed by atoms with Crippen molar-refractivity contribution in [3.8, 4) is 11.5 Å². The van der Waals surface area contributed by atoms with Gasteiger partial charge in [0.1, 0.15) is 16.4 Å². The van der Waals surface area contributed by atoms with Gasteiger partial charge in [-0.2, -0.15) is 0 Å². The summed E-state index contributed by atoms with van der Waals surface area (Å²) in [5.41, 5.74) is 0. The SMILES string of the molecule is COc1ccc(OC)c(S(=O)(=O)NCC(C(C)C)N2CCCC2)c1. The number of hydrogen-bond acceptors (Lipinski definition) is 5. The van der Waals surface area contributed by atoms with Crippen molar-refractivity contribution >= 4 is 10.0 Å². The van der Waals surface area contributed by atoms with Crippen LogP contribution in [0.5, 0.6) is 11.5 Å². The molecule has 1 atom stereocenters. The maximum absolute atomic E-state index is 12.8. The van der Waals surface area contributed by atoms with E-state index in [0.29, 0.717) is 24.0 Å². The van der Waals surface area contributed by atoms with E-state index in [9.17, 15) is 8.42 Å². The zero-order valence-electron chi connectivity index (χ0n) is 14.9. The second-order valence-corrected chi connectivity index (χ2v) is 8.16. The lowest BCUT2D eigenvalue weighted by molar-refractivity contribution is 0.193. The molecule has 1 aliphatic rings. The summed E-state index contributed by atoms with van der Waals surface area (Å²) in [6.45, 7) is 6.72. The van der Waals surface area contributed by atoms with E-state index >= 15 is 0 Å². The zero-order valence-corrected chi connectivity index (χ0v) is 15.7. The molecule has 6 nitrogen and oxygen atoms in total. The van der Waals surface area contributed by atoms with E-state index < -0.39 is 10.0 Å². The van der Waals surface area contributed by atoms with Gasteiger partial charge in [0.25, 0.3) is 0 Å². The van der Waals surface area contributed by atoms with Crippen LogP contribution in [0, 0.1) is 5.92 Å². The standard InChI is InChI=1S/C17H28N2O4S/c1-13(2)15(19-9-5-6-10-19)12-18-24(20,21)17-11-14(22-3)7-8-16(17)23-4/h7-8,11,13,15,18H,5-6,9-10,12H2,1-4H3. The summed E-state index contributed by atoms with van der Waals surface area (Å²) >= 11 is 0. The topological polar surface area (TPSA) is 67.9 Å². The largest absolute Gasteiger partial charge is 0.497 e. The molecule has 0 aromatic heterocycles. The Morgan fingerprint density at radius 2 is 1.83 bits per heavy atom. The van der Waals surface area contributed by atoms with Gasteiger partial charge in [0.05, 0.1) is 14.2 Å². The Kier molecular flexibility index (Phi) is 6.48. The average Bonchev–Trinajstić information content (AvgIpc) is 3.08. The van der Waals surface area contributed by atoms with E-state index in [1.807, 2.05) is 0 Å². The highest BCUT2D eigenvalue weighted by Crippen LogP contribution is 2.28. The second kappa shape index (κ2) is 8.18. The van der Waals surface area contributed by atoms with Crippen LogP contribution in [0.1, 0.15) is 26.7 Å². The number of nitrogens with one attached hydrogen (secondary N) is 1. The smallest absolute Gasteiger partial charge is 0.244 e. The third-order valence-corrected chi connectivity index (χ3v) is 5.97. The van der Waals surface area contributed by atoms with Gasteiger partial charge in [0.15, 0.2) is 0 Å². The van der Waals surface area contributed by atoms with Gasteiger partial charge in [0.2, 0.25) is 10.0 Å². The van der Waals surface area contributed by atoms with Gasteiger partial charge >= 0.3 is 0 Å². The molecular formula is C17H28N2O4S. The first-order valence-electron chi connectivity index (χ1n) is 8.34. The highest BCUT2D eigenvalue weighted by Gasteiger charge is 2.27. The number of likely N-dealkylation sites (tertiary alicyclic amines) is 1. The van der Waals surface area contributed by atoms with Gasteiger partial charge in [-0.25, -0.2) is 13.1 Å². The Morgan fingerprint density at radius 1 is 1.17 bits per heavy atom. The van der Waals surface area contributed by atoms with Crippen LogP contribution >= 0.6 is 0 Å². The summed E-state index contributed by atoms with van der Waals surface area (Å²) in [7, 11) is -0.707. The molecule has 1 fully saturated rings. The summed E-state index contributed by atoms with van der Waals surface area (Å²) in [5, 5.41) is 0. The van der Waals surface area contributed by atoms with Crippen LogP contribution < -0.4 is 14.2 Å². The maximum Gasteiger partial charge on any atom is 0.244 e. The first-order chi connectivity index (χ1) is 11.4. The van der Waals surface area contributed by atoms with Gasteiger partial charge in [-0.3, -0.25) is 4.90 Å². The Morgan fingerprint density at radius 3 is 2.38 bits per heavy atom. The second-order valence-electron chi connectivity index (χ2n) is 6.42. The average molecular weight is 356 g/mol. The fraction of sp³-hybridized carbons (Fsp3) is 0.647. The fourth-order valence-electron chi connectivity index (χ4n) is 3.13. The van der Waals surface area contributed by atoms with E-state index in [1.54, 1.807) is 12.1 Å². The molecule has 7 heteroatoms. The predicted octanol–water partition coefficient (Wildman–Crippen LogP) is 2.10. The van der Waals surface area contributed by atoms with Gasteiger partial charge in [-0.1, -0.05) is 13.8 Å². The summed E-state index contributed by atoms with van der Waals surface area (Å²) in [5.74, 6) is 1.17. The molecule has 2 rings (SSSR count). The number of rotatable bonds is 8. The number of nitrogens with zero attached hydrogens (tertiary/aromatic N) is 1. The first kappa shape index (κ1) is 19.0. The lowest BCUT2D eigenvalue weighted by Gasteiger charge is -2.31. The summed E-state index contributed by atoms with van der Waals surface area (Å²) in [6, 6.07) is 4.97. The summed E-state index contributed by atoms with van der Waals surface area (Å²) in [6.07, 6.45) is 2.36. The molecule has 1 heterocycles. The molecule has 0 spiro atoms. The van der Waals surface area contributed by atoms with Crippen LogP contribution in [0.3, 0.4) is 0 Å². The Bertz CT molecular complexity index is 640. The minimum Gasteiger partial charge on any atom is -0.497 e. The number of ether oxygens (including phenoxy) is 2. The molecule has 0 amide bonds. The Labute approximate surface area is 145 Å². The fourth-order valence-corrected chi connectivity index (χ4v) is 4.36. The first-order valence-corrected chi connectivity index (χ1v) is 9.83. The Balaban J connectivity index is 2.18. The van der Waals surface area contributed by atoms with Gasteiger partial charge in [-0.05, 0) is 44.0 Å². The summed E-state index contributed by atoms with van der Waals surface area (Å²) in [4.78, 5) is 2.48. The van der Waals surface area contributed by atoms with Crippen molar-refractivity contribution in [3.63, 3.8) is 0 Å². The van der Waals surface area contributed by atoms with Gasteiger partial charge in [-0.15, -0.1) is 0 Å². The molecule has 1 aromatic rings. The molecule has 1 aromatic carbocycles. The number of benzene rings is 1. The number of hydrogen-bond donors (Lipinski definition) is 1. The Hall–Kier alpha value is -1.31. The van der Waals surface area contributed by atoms with E-state index in [2.05, 4.69) is 23.5 Å². The van der Waals surface area contributed by atoms with Crippen LogP contribution in [0.25, 0.3) is 0 Å². The molecule has 0 saturated carbocycles. The predicted molar refractivity (Wildman–Crippen MR) is 94.2 cm³/mol. The molecule has 24 heavy (non-hydrogen) atoms. The molecular weight excluding hydrogens is 328 g/mol. The van der Waals surface area contributed by atoms with Crippen LogP contribution in [-0.2, 0) is 10.0 Å². The van der Waals surface area contributed by atoms with Gasteiger partial charge < -0.3 is 9.47 Å². The van der Waals surface area contributed by atoms with Crippen molar-refractivity contribution in [2.75, 3.05) is 33.9 Å². The third kappa shape index (κ3) is 4.40. The van der Waals surface area contributed by atoms with E-state index in [0.717, 1.165) is 13.1 Å². The quantitative estimate of drug-likeness (QED) is 0.773. The number of sulfonamides is 1. The lowest BCUT2D eigenvalue weighted by Crippen LogP contribution is -2.45. The zero-order chi connectivity index (χ0) is 17.7. The van der Waals surface area contributed by atoms with E-state index in [-0.39, 0.29) is 10.9 Å². The monoisotopic (exact) mass is 356 g/mol. The lowest BCUT2D eigenvalue weighted by atomic mass is 10.0. The van der Waals surface area contributed by atoms with Crippen molar-refractivity contribution in [1.82, 2.24) is 9.62 Å². The highest BCUT2D eigenvalue weighted by molar-refractivity contribution is 7.89. The van der Waals surface area contributed by atoms with Crippen LogP contribution in [-0.4, -0.2) is 53.2 Å². The molecule has 0 radical (unpaired) electrons. The minimum absolute atomic E-state index is 0.105. The molecule has 0 bridgehead atoms. The summed E-state index contributed by atoms with van der Waals surface area (Å²) < 4.78 is 38.6. The van der Waals surface area contributed by atoms with E-state index in [1.165, 1.54) is 33.1 Å². The van der Waals surface area contributed by atoms with Gasteiger partial charge in [0, 0.05) is 18.7 Å². The van der Waals surface area contributed by atoms with Crippen LogP contribution in [0.15, 0.2) is 23.1 Å².